The predicted octanol–water partition coefficient (Wildman–Crippen LogP) is 4.27. The molecule has 0 aliphatic carbocycles. The number of amides is 3. The van der Waals surface area contributed by atoms with Gasteiger partial charge in [0.15, 0.2) is 5.54 Å². The minimum absolute atomic E-state index is 0.147. The Morgan fingerprint density at radius 2 is 1.75 bits per heavy atom. The molecule has 0 aromatic carbocycles. The van der Waals surface area contributed by atoms with E-state index < -0.39 is 43.5 Å². The van der Waals surface area contributed by atoms with Gasteiger partial charge in [-0.3, -0.25) is 4.79 Å². The van der Waals surface area contributed by atoms with Gasteiger partial charge < -0.3 is 18.8 Å². The fourth-order valence-electron chi connectivity index (χ4n) is 4.85. The summed E-state index contributed by atoms with van der Waals surface area (Å²) in [6.45, 7) is 19.2. The van der Waals surface area contributed by atoms with Crippen LogP contribution in [0.3, 0.4) is 0 Å². The fraction of sp³-hybridized carbons (Fsp3) is 0.696. The van der Waals surface area contributed by atoms with E-state index in [2.05, 4.69) is 19.6 Å². The van der Waals surface area contributed by atoms with E-state index in [9.17, 15) is 14.4 Å². The summed E-state index contributed by atoms with van der Waals surface area (Å²) in [7, 11) is -1.94. The number of carbonyl (C=O) groups is 3. The van der Waals surface area contributed by atoms with Crippen molar-refractivity contribution < 1.29 is 28.3 Å². The van der Waals surface area contributed by atoms with E-state index in [1.54, 1.807) is 31.9 Å². The molecule has 9 heteroatoms. The van der Waals surface area contributed by atoms with Crippen molar-refractivity contribution in [3.63, 3.8) is 0 Å². The molecule has 3 amide bonds. The molecule has 2 aliphatic rings. The Morgan fingerprint density at radius 1 is 1.16 bits per heavy atom. The van der Waals surface area contributed by atoms with E-state index >= 15 is 0 Å². The van der Waals surface area contributed by atoms with E-state index in [1.165, 1.54) is 0 Å². The van der Waals surface area contributed by atoms with Gasteiger partial charge in [0.05, 0.1) is 17.7 Å². The highest BCUT2D eigenvalue weighted by molar-refractivity contribution is 6.88. The van der Waals surface area contributed by atoms with Crippen LogP contribution in [0.25, 0.3) is 0 Å². The van der Waals surface area contributed by atoms with Crippen LogP contribution >= 0.6 is 0 Å². The van der Waals surface area contributed by atoms with Crippen molar-refractivity contribution in [2.24, 2.45) is 5.92 Å². The highest BCUT2D eigenvalue weighted by Gasteiger charge is 2.77. The number of carbonyl (C=O) groups excluding carboxylic acids is 3. The number of hydrogen-bond acceptors (Lipinski definition) is 6. The molecule has 0 N–H and O–H groups in total. The van der Waals surface area contributed by atoms with Crippen LogP contribution in [0.5, 0.6) is 0 Å². The van der Waals surface area contributed by atoms with Gasteiger partial charge in [0.1, 0.15) is 19.8 Å². The molecule has 2 aliphatic heterocycles. The quantitative estimate of drug-likeness (QED) is 0.488. The molecule has 2 fully saturated rings. The topological polar surface area (TPSA) is 89.3 Å². The molecule has 3 atom stereocenters. The zero-order chi connectivity index (χ0) is 24.4. The first-order valence-electron chi connectivity index (χ1n) is 11.2. The maximum atomic E-state index is 13.9. The Bertz CT molecular complexity index is 926. The number of rotatable bonds is 4. The van der Waals surface area contributed by atoms with E-state index in [0.717, 1.165) is 15.8 Å². The van der Waals surface area contributed by atoms with Gasteiger partial charge >= 0.3 is 12.2 Å². The van der Waals surface area contributed by atoms with Gasteiger partial charge in [0.2, 0.25) is 0 Å². The first-order chi connectivity index (χ1) is 14.5. The van der Waals surface area contributed by atoms with Crippen LogP contribution in [0.15, 0.2) is 16.7 Å². The zero-order valence-electron chi connectivity index (χ0n) is 20.8. The monoisotopic (exact) mass is 464 g/mol. The Balaban J connectivity index is 2.26. The molecule has 1 aromatic rings. The number of nitrogens with zero attached hydrogens (tertiary/aromatic N) is 2. The van der Waals surface area contributed by atoms with E-state index in [1.807, 2.05) is 33.8 Å². The van der Waals surface area contributed by atoms with E-state index in [4.69, 9.17) is 13.9 Å². The van der Waals surface area contributed by atoms with Crippen LogP contribution in [-0.2, 0) is 14.3 Å². The SMILES string of the molecule is CC(C)[C@@H]1OC(=O)N(C(=O)OC(C)(C)C)[C@]12C(=O)N(C(C)C)[C@H]2c1ccoc1[Si](C)(C)C. The van der Waals surface area contributed by atoms with Crippen molar-refractivity contribution in [3.8, 4) is 0 Å². The smallest absolute Gasteiger partial charge is 0.421 e. The number of β-lactam (4-membered cyclic amide) rings is 1. The van der Waals surface area contributed by atoms with Gasteiger partial charge in [0, 0.05) is 11.6 Å². The summed E-state index contributed by atoms with van der Waals surface area (Å²) >= 11 is 0. The third-order valence-corrected chi connectivity index (χ3v) is 7.66. The predicted molar refractivity (Wildman–Crippen MR) is 122 cm³/mol. The Hall–Kier alpha value is -2.29. The number of cyclic esters (lactones) is 1. The van der Waals surface area contributed by atoms with Crippen molar-refractivity contribution in [3.05, 3.63) is 17.9 Å². The minimum atomic E-state index is -1.94. The van der Waals surface area contributed by atoms with Crippen LogP contribution in [0.1, 0.15) is 60.1 Å². The van der Waals surface area contributed by atoms with Crippen LogP contribution in [-0.4, -0.2) is 59.3 Å². The summed E-state index contributed by atoms with van der Waals surface area (Å²) < 4.78 is 17.2. The Kier molecular flexibility index (Phi) is 5.81. The highest BCUT2D eigenvalue weighted by atomic mass is 28.3. The van der Waals surface area contributed by atoms with Gasteiger partial charge in [-0.05, 0) is 46.6 Å². The average Bonchev–Trinajstić information content (AvgIpc) is 3.20. The first kappa shape index (κ1) is 24.4. The maximum Gasteiger partial charge on any atom is 0.421 e. The first-order valence-corrected chi connectivity index (χ1v) is 14.7. The van der Waals surface area contributed by atoms with Gasteiger partial charge in [-0.15, -0.1) is 0 Å². The average molecular weight is 465 g/mol. The minimum Gasteiger partial charge on any atom is -0.474 e. The number of ether oxygens (including phenoxy) is 2. The molecule has 0 saturated carbocycles. The summed E-state index contributed by atoms with van der Waals surface area (Å²) in [5.74, 6) is -0.509. The standard InChI is InChI=1S/C23H36N2O6Si/c1-13(2)17-23(25(20(27)30-17)21(28)31-22(5,6)7)16(24(14(3)4)19(23)26)15-11-12-29-18(15)32(8,9)10/h11-14,16-17H,1-10H3/t16-,17-,23-/m0/s1. The summed E-state index contributed by atoms with van der Waals surface area (Å²) in [5, 5.41) is 0.839. The second-order valence-corrected chi connectivity index (χ2v) is 16.3. The Labute approximate surface area is 191 Å². The number of imide groups is 1. The lowest BCUT2D eigenvalue weighted by Crippen LogP contribution is -2.80. The molecule has 178 valence electrons. The lowest BCUT2D eigenvalue weighted by atomic mass is 9.67. The largest absolute Gasteiger partial charge is 0.474 e. The summed E-state index contributed by atoms with van der Waals surface area (Å²) in [6, 6.07) is 1.13. The van der Waals surface area contributed by atoms with Crippen molar-refractivity contribution in [2.45, 2.75) is 97.4 Å². The molecule has 0 bridgehead atoms. The summed E-state index contributed by atoms with van der Waals surface area (Å²) in [6.07, 6.45) is -0.903. The van der Waals surface area contributed by atoms with Gasteiger partial charge in [-0.25, -0.2) is 9.59 Å². The molecule has 0 unspecified atom stereocenters. The van der Waals surface area contributed by atoms with Crippen LogP contribution < -0.4 is 5.38 Å². The molecule has 32 heavy (non-hydrogen) atoms. The third-order valence-electron chi connectivity index (χ3n) is 5.90. The van der Waals surface area contributed by atoms with Gasteiger partial charge in [-0.2, -0.15) is 4.90 Å². The number of hydrogen-bond donors (Lipinski definition) is 0. The third kappa shape index (κ3) is 3.54. The maximum absolute atomic E-state index is 13.9. The zero-order valence-corrected chi connectivity index (χ0v) is 21.8. The normalized spacial score (nSPS) is 26.2. The molecular weight excluding hydrogens is 428 g/mol. The van der Waals surface area contributed by atoms with E-state index in [-0.39, 0.29) is 17.9 Å². The molecule has 0 radical (unpaired) electrons. The lowest BCUT2D eigenvalue weighted by molar-refractivity contribution is -0.183. The van der Waals surface area contributed by atoms with Crippen molar-refractivity contribution in [2.75, 3.05) is 0 Å². The second-order valence-electron chi connectivity index (χ2n) is 11.4. The Morgan fingerprint density at radius 3 is 2.22 bits per heavy atom. The van der Waals surface area contributed by atoms with Gasteiger partial charge in [-0.1, -0.05) is 33.5 Å². The summed E-state index contributed by atoms with van der Waals surface area (Å²) in [5.41, 5.74) is -1.53. The number of likely N-dealkylation sites (tertiary alicyclic amines) is 1. The molecule has 3 rings (SSSR count). The van der Waals surface area contributed by atoms with Crippen molar-refractivity contribution in [1.29, 1.82) is 0 Å². The molecule has 3 heterocycles. The van der Waals surface area contributed by atoms with E-state index in [0.29, 0.717) is 0 Å². The van der Waals surface area contributed by atoms with Crippen molar-refractivity contribution in [1.82, 2.24) is 9.80 Å². The molecule has 8 nitrogen and oxygen atoms in total. The molecule has 1 spiro atoms. The molecule has 2 saturated heterocycles. The molecular formula is C23H36N2O6Si. The molecule has 1 aromatic heterocycles. The van der Waals surface area contributed by atoms with Crippen LogP contribution in [0.4, 0.5) is 9.59 Å². The fourth-order valence-corrected chi connectivity index (χ4v) is 6.36. The van der Waals surface area contributed by atoms with Crippen molar-refractivity contribution >= 4 is 31.6 Å². The second kappa shape index (κ2) is 7.64. The lowest BCUT2D eigenvalue weighted by Gasteiger charge is -2.59. The van der Waals surface area contributed by atoms with Crippen LogP contribution in [0, 0.1) is 5.92 Å². The van der Waals surface area contributed by atoms with Gasteiger partial charge in [0.25, 0.3) is 5.91 Å². The number of furan rings is 1. The highest BCUT2D eigenvalue weighted by Crippen LogP contribution is 2.55. The van der Waals surface area contributed by atoms with Crippen LogP contribution in [0.2, 0.25) is 19.6 Å². The summed E-state index contributed by atoms with van der Waals surface area (Å²) in [4.78, 5) is 42.9.